The van der Waals surface area contributed by atoms with Crippen LogP contribution in [-0.4, -0.2) is 23.4 Å². The van der Waals surface area contributed by atoms with E-state index in [1.165, 1.54) is 0 Å². The first kappa shape index (κ1) is 13.7. The van der Waals surface area contributed by atoms with Crippen LogP contribution in [-0.2, 0) is 0 Å². The molecule has 1 unspecified atom stereocenters. The Kier molecular flexibility index (Phi) is 4.29. The molecular weight excluding hydrogens is 250 g/mol. The molecule has 0 radical (unpaired) electrons. The van der Waals surface area contributed by atoms with E-state index in [0.29, 0.717) is 18.7 Å². The minimum absolute atomic E-state index is 0.0409. The van der Waals surface area contributed by atoms with Gasteiger partial charge in [0.05, 0.1) is 6.54 Å². The number of nitrogens with two attached hydrogens (primary N) is 1. The lowest BCUT2D eigenvalue weighted by molar-refractivity contribution is -0.0814. The molecule has 0 spiro atoms. The third-order valence-corrected chi connectivity index (χ3v) is 3.31. The normalized spacial score (nSPS) is 23.1. The number of nitrogens with one attached hydrogen (secondary N) is 1. The second-order valence-corrected chi connectivity index (χ2v) is 4.77. The number of hydrogen-bond donors (Lipinski definition) is 2. The van der Waals surface area contributed by atoms with Crippen LogP contribution < -0.4 is 11.1 Å². The third-order valence-electron chi connectivity index (χ3n) is 3.31. The maximum atomic E-state index is 13.6. The highest BCUT2D eigenvalue weighted by Gasteiger charge is 2.40. The summed E-state index contributed by atoms with van der Waals surface area (Å²) in [6.45, 7) is 0.0542. The minimum atomic E-state index is -2.62. The lowest BCUT2D eigenvalue weighted by Crippen LogP contribution is -2.35. The van der Waals surface area contributed by atoms with Gasteiger partial charge in [-0.05, 0) is 25.0 Å². The number of rotatable bonds is 3. The van der Waals surface area contributed by atoms with Crippen LogP contribution in [0, 0.1) is 5.92 Å². The SMILES string of the molecule is NC(=NCC1CCCCC1(F)F)Nc1ccccn1. The predicted octanol–water partition coefficient (Wildman–Crippen LogP) is 2.63. The summed E-state index contributed by atoms with van der Waals surface area (Å²) in [4.78, 5) is 8.02. The summed E-state index contributed by atoms with van der Waals surface area (Å²) in [6, 6.07) is 5.32. The van der Waals surface area contributed by atoms with Crippen LogP contribution in [0.1, 0.15) is 25.7 Å². The second kappa shape index (κ2) is 5.95. The fourth-order valence-corrected chi connectivity index (χ4v) is 2.21. The topological polar surface area (TPSA) is 63.3 Å². The Labute approximate surface area is 111 Å². The number of halogens is 2. The number of anilines is 1. The number of pyridine rings is 1. The summed E-state index contributed by atoms with van der Waals surface area (Å²) in [5.74, 6) is -2.64. The molecule has 1 fully saturated rings. The van der Waals surface area contributed by atoms with Crippen molar-refractivity contribution in [1.82, 2.24) is 4.98 Å². The highest BCUT2D eigenvalue weighted by atomic mass is 19.3. The van der Waals surface area contributed by atoms with E-state index in [1.54, 1.807) is 24.4 Å². The molecule has 19 heavy (non-hydrogen) atoms. The minimum Gasteiger partial charge on any atom is -0.370 e. The van der Waals surface area contributed by atoms with Crippen molar-refractivity contribution in [3.05, 3.63) is 24.4 Å². The third kappa shape index (κ3) is 3.87. The number of alkyl halides is 2. The number of guanidine groups is 1. The molecule has 0 aliphatic heterocycles. The number of aromatic nitrogens is 1. The van der Waals surface area contributed by atoms with Gasteiger partial charge in [0.15, 0.2) is 5.96 Å². The van der Waals surface area contributed by atoms with Crippen LogP contribution >= 0.6 is 0 Å². The molecule has 104 valence electrons. The van der Waals surface area contributed by atoms with Gasteiger partial charge in [0.25, 0.3) is 5.92 Å². The van der Waals surface area contributed by atoms with Crippen molar-refractivity contribution < 1.29 is 8.78 Å². The van der Waals surface area contributed by atoms with Gasteiger partial charge in [0.1, 0.15) is 5.82 Å². The summed E-state index contributed by atoms with van der Waals surface area (Å²) < 4.78 is 27.2. The lowest BCUT2D eigenvalue weighted by Gasteiger charge is -2.30. The van der Waals surface area contributed by atoms with Crippen LogP contribution in [0.15, 0.2) is 29.4 Å². The largest absolute Gasteiger partial charge is 0.370 e. The Balaban J connectivity index is 1.91. The maximum Gasteiger partial charge on any atom is 0.252 e. The molecule has 1 heterocycles. The van der Waals surface area contributed by atoms with Gasteiger partial charge in [-0.2, -0.15) is 0 Å². The van der Waals surface area contributed by atoms with E-state index in [9.17, 15) is 8.78 Å². The summed E-state index contributed by atoms with van der Waals surface area (Å²) in [6.07, 6.45) is 3.51. The molecule has 1 aliphatic carbocycles. The first-order chi connectivity index (χ1) is 9.08. The Morgan fingerprint density at radius 3 is 3.00 bits per heavy atom. The summed E-state index contributed by atoms with van der Waals surface area (Å²) in [7, 11) is 0. The van der Waals surface area contributed by atoms with E-state index in [0.717, 1.165) is 6.42 Å². The van der Waals surface area contributed by atoms with E-state index < -0.39 is 11.8 Å². The Bertz CT molecular complexity index is 434. The molecule has 0 bridgehead atoms. The van der Waals surface area contributed by atoms with E-state index in [2.05, 4.69) is 15.3 Å². The molecule has 0 aromatic carbocycles. The fourth-order valence-electron chi connectivity index (χ4n) is 2.21. The average molecular weight is 268 g/mol. The molecular formula is C13H18F2N4. The molecule has 6 heteroatoms. The van der Waals surface area contributed by atoms with Crippen LogP contribution in [0.3, 0.4) is 0 Å². The van der Waals surface area contributed by atoms with Gasteiger partial charge < -0.3 is 11.1 Å². The lowest BCUT2D eigenvalue weighted by atomic mass is 9.86. The van der Waals surface area contributed by atoms with Gasteiger partial charge in [-0.1, -0.05) is 12.5 Å². The molecule has 1 saturated carbocycles. The molecule has 0 saturated heterocycles. The zero-order valence-corrected chi connectivity index (χ0v) is 10.6. The van der Waals surface area contributed by atoms with Crippen molar-refractivity contribution in [2.75, 3.05) is 11.9 Å². The highest BCUT2D eigenvalue weighted by Crippen LogP contribution is 2.38. The summed E-state index contributed by atoms with van der Waals surface area (Å²) in [5, 5.41) is 2.78. The van der Waals surface area contributed by atoms with Crippen molar-refractivity contribution >= 4 is 11.8 Å². The van der Waals surface area contributed by atoms with Crippen molar-refractivity contribution in [2.45, 2.75) is 31.6 Å². The Morgan fingerprint density at radius 1 is 1.47 bits per heavy atom. The molecule has 2 rings (SSSR count). The number of hydrogen-bond acceptors (Lipinski definition) is 2. The van der Waals surface area contributed by atoms with Gasteiger partial charge in [-0.3, -0.25) is 4.99 Å². The van der Waals surface area contributed by atoms with Crippen molar-refractivity contribution in [3.63, 3.8) is 0 Å². The second-order valence-electron chi connectivity index (χ2n) is 4.77. The molecule has 1 aromatic rings. The summed E-state index contributed by atoms with van der Waals surface area (Å²) >= 11 is 0. The molecule has 4 nitrogen and oxygen atoms in total. The van der Waals surface area contributed by atoms with Crippen LogP contribution in [0.25, 0.3) is 0 Å². The Hall–Kier alpha value is -1.72. The average Bonchev–Trinajstić information content (AvgIpc) is 2.38. The zero-order chi connectivity index (χ0) is 13.7. The monoisotopic (exact) mass is 268 g/mol. The Morgan fingerprint density at radius 2 is 2.32 bits per heavy atom. The maximum absolute atomic E-state index is 13.6. The predicted molar refractivity (Wildman–Crippen MR) is 71.3 cm³/mol. The van der Waals surface area contributed by atoms with Crippen LogP contribution in [0.2, 0.25) is 0 Å². The summed E-state index contributed by atoms with van der Waals surface area (Å²) in [5.41, 5.74) is 5.67. The van der Waals surface area contributed by atoms with E-state index in [4.69, 9.17) is 5.73 Å². The molecule has 1 aromatic heterocycles. The molecule has 1 aliphatic rings. The van der Waals surface area contributed by atoms with Gasteiger partial charge in [0.2, 0.25) is 0 Å². The molecule has 3 N–H and O–H groups in total. The first-order valence-corrected chi connectivity index (χ1v) is 6.44. The van der Waals surface area contributed by atoms with Crippen LogP contribution in [0.4, 0.5) is 14.6 Å². The fraction of sp³-hybridized carbons (Fsp3) is 0.538. The van der Waals surface area contributed by atoms with Crippen molar-refractivity contribution in [3.8, 4) is 0 Å². The highest BCUT2D eigenvalue weighted by molar-refractivity contribution is 5.91. The van der Waals surface area contributed by atoms with Crippen LogP contribution in [0.5, 0.6) is 0 Å². The molecule has 0 amide bonds. The van der Waals surface area contributed by atoms with Gasteiger partial charge in [-0.15, -0.1) is 0 Å². The molecule has 1 atom stereocenters. The zero-order valence-electron chi connectivity index (χ0n) is 10.6. The quantitative estimate of drug-likeness (QED) is 0.654. The first-order valence-electron chi connectivity index (χ1n) is 6.44. The number of aliphatic imine (C=N–C) groups is 1. The standard InChI is InChI=1S/C13H18F2N4/c14-13(15)7-3-1-5-10(13)9-18-12(16)19-11-6-2-4-8-17-11/h2,4,6,8,10H,1,3,5,7,9H2,(H3,16,17,18,19). The van der Waals surface area contributed by atoms with E-state index in [1.807, 2.05) is 0 Å². The number of nitrogens with zero attached hydrogens (tertiary/aromatic N) is 2. The van der Waals surface area contributed by atoms with Crippen molar-refractivity contribution in [1.29, 1.82) is 0 Å². The van der Waals surface area contributed by atoms with E-state index >= 15 is 0 Å². The van der Waals surface area contributed by atoms with Gasteiger partial charge in [-0.25, -0.2) is 13.8 Å². The van der Waals surface area contributed by atoms with E-state index in [-0.39, 0.29) is 18.9 Å². The van der Waals surface area contributed by atoms with Gasteiger partial charge in [0, 0.05) is 18.5 Å². The van der Waals surface area contributed by atoms with Gasteiger partial charge >= 0.3 is 0 Å². The smallest absolute Gasteiger partial charge is 0.252 e. The van der Waals surface area contributed by atoms with Crippen molar-refractivity contribution in [2.24, 2.45) is 16.6 Å².